The first-order valence-corrected chi connectivity index (χ1v) is 8.70. The van der Waals surface area contributed by atoms with Crippen molar-refractivity contribution in [1.29, 1.82) is 0 Å². The van der Waals surface area contributed by atoms with Crippen LogP contribution >= 0.6 is 34.8 Å². The number of aromatic nitrogens is 4. The summed E-state index contributed by atoms with van der Waals surface area (Å²) in [6.45, 7) is 0.0844. The highest BCUT2D eigenvalue weighted by atomic mass is 35.5. The molecule has 2 aromatic heterocycles. The lowest BCUT2D eigenvalue weighted by atomic mass is 10.2. The zero-order chi connectivity index (χ0) is 18.4. The molecule has 0 radical (unpaired) electrons. The van der Waals surface area contributed by atoms with Gasteiger partial charge in [0, 0.05) is 13.1 Å². The first-order chi connectivity index (χ1) is 12.5. The standard InChI is InChI=1S/C17H11Cl3N4O2/c1-23-16(25)9-4-2-3-5-13(9)24-15(21-22-17(23)24)8-26-14-7-11(19)10(18)6-12(14)20/h2-7H,8H2,1H3. The fourth-order valence-corrected chi connectivity index (χ4v) is 3.33. The molecule has 0 N–H and O–H groups in total. The number of hydrogen-bond acceptors (Lipinski definition) is 4. The van der Waals surface area contributed by atoms with E-state index in [-0.39, 0.29) is 12.2 Å². The Balaban J connectivity index is 1.81. The molecule has 0 fully saturated rings. The molecule has 4 rings (SSSR count). The molecule has 0 saturated heterocycles. The lowest BCUT2D eigenvalue weighted by molar-refractivity contribution is 0.295. The fraction of sp³-hybridized carbons (Fsp3) is 0.118. The summed E-state index contributed by atoms with van der Waals surface area (Å²) in [5.41, 5.74) is 0.565. The van der Waals surface area contributed by atoms with Gasteiger partial charge in [-0.25, -0.2) is 0 Å². The third kappa shape index (κ3) is 2.70. The van der Waals surface area contributed by atoms with Crippen LogP contribution in [-0.2, 0) is 13.7 Å². The van der Waals surface area contributed by atoms with E-state index in [2.05, 4.69) is 10.2 Å². The number of halogens is 3. The minimum absolute atomic E-state index is 0.0844. The van der Waals surface area contributed by atoms with Gasteiger partial charge < -0.3 is 4.74 Å². The summed E-state index contributed by atoms with van der Waals surface area (Å²) in [7, 11) is 1.65. The summed E-state index contributed by atoms with van der Waals surface area (Å²) < 4.78 is 8.99. The molecule has 0 amide bonds. The number of rotatable bonds is 3. The minimum Gasteiger partial charge on any atom is -0.484 e. The lowest BCUT2D eigenvalue weighted by Gasteiger charge is -2.10. The van der Waals surface area contributed by atoms with Gasteiger partial charge in [0.25, 0.3) is 5.56 Å². The van der Waals surface area contributed by atoms with E-state index in [1.54, 1.807) is 23.6 Å². The summed E-state index contributed by atoms with van der Waals surface area (Å²) in [5, 5.41) is 9.86. The Morgan fingerprint density at radius 3 is 2.58 bits per heavy atom. The van der Waals surface area contributed by atoms with Crippen molar-refractivity contribution in [1.82, 2.24) is 19.2 Å². The molecule has 0 saturated carbocycles. The van der Waals surface area contributed by atoms with Crippen molar-refractivity contribution in [2.45, 2.75) is 6.61 Å². The van der Waals surface area contributed by atoms with E-state index in [0.29, 0.717) is 43.3 Å². The van der Waals surface area contributed by atoms with Crippen molar-refractivity contribution in [3.05, 3.63) is 67.6 Å². The van der Waals surface area contributed by atoms with Crippen molar-refractivity contribution >= 4 is 51.5 Å². The molecule has 4 aromatic rings. The average Bonchev–Trinajstić information content (AvgIpc) is 3.06. The molecule has 0 aliphatic rings. The van der Waals surface area contributed by atoms with Crippen LogP contribution < -0.4 is 10.3 Å². The predicted octanol–water partition coefficient (Wildman–Crippen LogP) is 4.12. The number of nitrogens with zero attached hydrogens (tertiary/aromatic N) is 4. The third-order valence-corrected chi connectivity index (χ3v) is 5.04. The average molecular weight is 410 g/mol. The second kappa shape index (κ2) is 6.46. The highest BCUT2D eigenvalue weighted by Crippen LogP contribution is 2.34. The second-order valence-electron chi connectivity index (χ2n) is 5.62. The molecule has 0 bridgehead atoms. The molecule has 2 heterocycles. The molecule has 0 aliphatic carbocycles. The molecule has 0 spiro atoms. The van der Waals surface area contributed by atoms with Crippen molar-refractivity contribution in [3.63, 3.8) is 0 Å². The van der Waals surface area contributed by atoms with Gasteiger partial charge in [-0.3, -0.25) is 13.8 Å². The Kier molecular flexibility index (Phi) is 4.26. The molecular weight excluding hydrogens is 399 g/mol. The molecule has 6 nitrogen and oxygen atoms in total. The van der Waals surface area contributed by atoms with Crippen molar-refractivity contribution in [3.8, 4) is 5.75 Å². The molecular formula is C17H11Cl3N4O2. The van der Waals surface area contributed by atoms with Gasteiger partial charge in [-0.05, 0) is 18.2 Å². The van der Waals surface area contributed by atoms with Gasteiger partial charge in [0.1, 0.15) is 12.4 Å². The first-order valence-electron chi connectivity index (χ1n) is 7.56. The predicted molar refractivity (Wildman–Crippen MR) is 102 cm³/mol. The Labute approximate surface area is 162 Å². The van der Waals surface area contributed by atoms with Crippen molar-refractivity contribution in [2.24, 2.45) is 7.05 Å². The lowest BCUT2D eigenvalue weighted by Crippen LogP contribution is -2.20. The van der Waals surface area contributed by atoms with Gasteiger partial charge in [0.15, 0.2) is 5.82 Å². The Hall–Kier alpha value is -2.28. The van der Waals surface area contributed by atoms with Gasteiger partial charge >= 0.3 is 0 Å². The summed E-state index contributed by atoms with van der Waals surface area (Å²) >= 11 is 18.1. The monoisotopic (exact) mass is 408 g/mol. The molecule has 26 heavy (non-hydrogen) atoms. The molecule has 9 heteroatoms. The van der Waals surface area contributed by atoms with E-state index in [1.807, 2.05) is 18.2 Å². The van der Waals surface area contributed by atoms with E-state index in [0.717, 1.165) is 0 Å². The van der Waals surface area contributed by atoms with E-state index in [9.17, 15) is 4.79 Å². The quantitative estimate of drug-likeness (QED) is 0.478. The Bertz CT molecular complexity index is 1220. The van der Waals surface area contributed by atoms with Crippen molar-refractivity contribution < 1.29 is 4.74 Å². The SMILES string of the molecule is Cn1c(=O)c2ccccc2n2c(COc3cc(Cl)c(Cl)cc3Cl)nnc12. The van der Waals surface area contributed by atoms with Crippen LogP contribution in [0.1, 0.15) is 5.82 Å². The van der Waals surface area contributed by atoms with E-state index in [1.165, 1.54) is 10.6 Å². The van der Waals surface area contributed by atoms with Crippen LogP contribution in [0.2, 0.25) is 15.1 Å². The Morgan fingerprint density at radius 1 is 1.04 bits per heavy atom. The van der Waals surface area contributed by atoms with E-state index in [4.69, 9.17) is 39.5 Å². The number of benzene rings is 2. The summed E-state index contributed by atoms with van der Waals surface area (Å²) in [6.07, 6.45) is 0. The van der Waals surface area contributed by atoms with E-state index < -0.39 is 0 Å². The van der Waals surface area contributed by atoms with Crippen LogP contribution in [0.4, 0.5) is 0 Å². The fourth-order valence-electron chi connectivity index (χ4n) is 2.74. The highest BCUT2D eigenvalue weighted by Gasteiger charge is 2.15. The van der Waals surface area contributed by atoms with Crippen LogP contribution in [0.15, 0.2) is 41.2 Å². The van der Waals surface area contributed by atoms with Crippen molar-refractivity contribution in [2.75, 3.05) is 0 Å². The molecule has 0 aliphatic heterocycles. The third-order valence-electron chi connectivity index (χ3n) is 4.02. The largest absolute Gasteiger partial charge is 0.484 e. The van der Waals surface area contributed by atoms with Crippen LogP contribution in [0.3, 0.4) is 0 Å². The number of hydrogen-bond donors (Lipinski definition) is 0. The van der Waals surface area contributed by atoms with Gasteiger partial charge in [-0.15, -0.1) is 10.2 Å². The summed E-state index contributed by atoms with van der Waals surface area (Å²) in [4.78, 5) is 12.5. The topological polar surface area (TPSA) is 61.4 Å². The maximum atomic E-state index is 12.5. The van der Waals surface area contributed by atoms with Crippen LogP contribution in [0.25, 0.3) is 16.7 Å². The van der Waals surface area contributed by atoms with Crippen LogP contribution in [0, 0.1) is 0 Å². The molecule has 0 unspecified atom stereocenters. The molecule has 132 valence electrons. The zero-order valence-electron chi connectivity index (χ0n) is 13.4. The highest BCUT2D eigenvalue weighted by molar-refractivity contribution is 6.43. The molecule has 0 atom stereocenters. The van der Waals surface area contributed by atoms with Gasteiger partial charge in [-0.2, -0.15) is 0 Å². The van der Waals surface area contributed by atoms with Gasteiger partial charge in [0.05, 0.1) is 26.0 Å². The minimum atomic E-state index is -0.138. The maximum Gasteiger partial charge on any atom is 0.262 e. The zero-order valence-corrected chi connectivity index (χ0v) is 15.7. The number of ether oxygens (including phenoxy) is 1. The summed E-state index contributed by atoms with van der Waals surface area (Å²) in [5.74, 6) is 1.33. The van der Waals surface area contributed by atoms with Gasteiger partial charge in [0.2, 0.25) is 5.78 Å². The smallest absolute Gasteiger partial charge is 0.262 e. The van der Waals surface area contributed by atoms with Crippen LogP contribution in [0.5, 0.6) is 5.75 Å². The summed E-state index contributed by atoms with van der Waals surface area (Å²) in [6, 6.07) is 10.3. The Morgan fingerprint density at radius 2 is 1.77 bits per heavy atom. The molecule has 2 aromatic carbocycles. The van der Waals surface area contributed by atoms with E-state index >= 15 is 0 Å². The number of aryl methyl sites for hydroxylation is 1. The second-order valence-corrected chi connectivity index (χ2v) is 6.84. The first kappa shape index (κ1) is 17.1. The maximum absolute atomic E-state index is 12.5. The number of fused-ring (bicyclic) bond motifs is 3. The number of para-hydroxylation sites is 1. The van der Waals surface area contributed by atoms with Gasteiger partial charge in [-0.1, -0.05) is 46.9 Å². The normalized spacial score (nSPS) is 11.4. The van der Waals surface area contributed by atoms with Crippen LogP contribution in [-0.4, -0.2) is 19.2 Å².